The summed E-state index contributed by atoms with van der Waals surface area (Å²) in [6, 6.07) is 1.37. The van der Waals surface area contributed by atoms with Gasteiger partial charge in [-0.15, -0.1) is 0 Å². The smallest absolute Gasteiger partial charge is 0.260 e. The summed E-state index contributed by atoms with van der Waals surface area (Å²) in [4.78, 5) is 42.9. The summed E-state index contributed by atoms with van der Waals surface area (Å²) in [5, 5.41) is 0.302. The molecule has 2 amide bonds. The number of nitrogens with zero attached hydrogens (tertiary/aromatic N) is 2. The van der Waals surface area contributed by atoms with Crippen molar-refractivity contribution in [3.63, 3.8) is 0 Å². The molecule has 2 aliphatic heterocycles. The van der Waals surface area contributed by atoms with E-state index in [2.05, 4.69) is 4.98 Å². The normalized spacial score (nSPS) is 21.6. The van der Waals surface area contributed by atoms with Crippen LogP contribution in [0.1, 0.15) is 23.2 Å². The van der Waals surface area contributed by atoms with Crippen LogP contribution in [0.5, 0.6) is 0 Å². The van der Waals surface area contributed by atoms with Crippen LogP contribution in [-0.2, 0) is 9.53 Å². The summed E-state index contributed by atoms with van der Waals surface area (Å²) in [5.41, 5.74) is -0.451. The SMILES string of the molecule is O=C(c1cc(Cl)c[nH]c1=O)N1CCCC(C(=O)N2CCOCC2)C1. The number of piperidine rings is 1. The number of ether oxygens (including phenoxy) is 1. The number of morpholine rings is 1. The highest BCUT2D eigenvalue weighted by atomic mass is 35.5. The second-order valence-corrected chi connectivity index (χ2v) is 6.53. The highest BCUT2D eigenvalue weighted by molar-refractivity contribution is 6.30. The van der Waals surface area contributed by atoms with Crippen LogP contribution in [0.15, 0.2) is 17.1 Å². The van der Waals surface area contributed by atoms with Gasteiger partial charge in [0.15, 0.2) is 0 Å². The number of rotatable bonds is 2. The molecule has 3 heterocycles. The lowest BCUT2D eigenvalue weighted by Crippen LogP contribution is -2.50. The fraction of sp³-hybridized carbons (Fsp3) is 0.562. The molecule has 7 nitrogen and oxygen atoms in total. The van der Waals surface area contributed by atoms with Crippen molar-refractivity contribution in [1.82, 2.24) is 14.8 Å². The molecule has 2 aliphatic rings. The zero-order chi connectivity index (χ0) is 17.1. The molecule has 0 aromatic carbocycles. The van der Waals surface area contributed by atoms with E-state index < -0.39 is 5.56 Å². The molecular weight excluding hydrogens is 334 g/mol. The standard InChI is InChI=1S/C16H20ClN3O4/c17-12-8-13(14(21)18-9-12)16(23)20-3-1-2-11(10-20)15(22)19-4-6-24-7-5-19/h8-9,11H,1-7,10H2,(H,18,21). The number of hydrogen-bond donors (Lipinski definition) is 1. The summed E-state index contributed by atoms with van der Waals surface area (Å²) in [6.07, 6.45) is 2.85. The molecule has 1 unspecified atom stereocenters. The monoisotopic (exact) mass is 353 g/mol. The fourth-order valence-electron chi connectivity index (χ4n) is 3.19. The van der Waals surface area contributed by atoms with Gasteiger partial charge < -0.3 is 19.5 Å². The Kier molecular flexibility index (Phi) is 5.20. The van der Waals surface area contributed by atoms with Crippen molar-refractivity contribution in [3.8, 4) is 0 Å². The number of hydrogen-bond acceptors (Lipinski definition) is 4. The van der Waals surface area contributed by atoms with Crippen LogP contribution in [0, 0.1) is 5.92 Å². The summed E-state index contributed by atoms with van der Waals surface area (Å²) in [7, 11) is 0. The zero-order valence-corrected chi connectivity index (χ0v) is 14.1. The van der Waals surface area contributed by atoms with E-state index in [-0.39, 0.29) is 23.3 Å². The number of aromatic amines is 1. The average Bonchev–Trinajstić information content (AvgIpc) is 2.63. The molecule has 0 saturated carbocycles. The van der Waals surface area contributed by atoms with Crippen LogP contribution in [-0.4, -0.2) is 66.0 Å². The van der Waals surface area contributed by atoms with E-state index in [0.29, 0.717) is 44.4 Å². The number of carbonyl (C=O) groups is 2. The number of nitrogens with one attached hydrogen (secondary N) is 1. The lowest BCUT2D eigenvalue weighted by atomic mass is 9.95. The molecule has 1 aromatic rings. The fourth-order valence-corrected chi connectivity index (χ4v) is 3.36. The van der Waals surface area contributed by atoms with Crippen LogP contribution in [0.3, 0.4) is 0 Å². The third-order valence-corrected chi connectivity index (χ3v) is 4.70. The molecule has 0 aliphatic carbocycles. The molecule has 8 heteroatoms. The molecular formula is C16H20ClN3O4. The van der Waals surface area contributed by atoms with E-state index in [0.717, 1.165) is 12.8 Å². The minimum absolute atomic E-state index is 0.0157. The zero-order valence-electron chi connectivity index (χ0n) is 13.3. The molecule has 130 valence electrons. The third-order valence-electron chi connectivity index (χ3n) is 4.48. The molecule has 3 rings (SSSR count). The van der Waals surface area contributed by atoms with Gasteiger partial charge >= 0.3 is 0 Å². The van der Waals surface area contributed by atoms with E-state index in [1.165, 1.54) is 12.3 Å². The Balaban J connectivity index is 1.70. The van der Waals surface area contributed by atoms with Crippen molar-refractivity contribution >= 4 is 23.4 Å². The van der Waals surface area contributed by atoms with Crippen molar-refractivity contribution < 1.29 is 14.3 Å². The topological polar surface area (TPSA) is 82.7 Å². The van der Waals surface area contributed by atoms with Gasteiger partial charge in [-0.25, -0.2) is 0 Å². The molecule has 24 heavy (non-hydrogen) atoms. The highest BCUT2D eigenvalue weighted by Crippen LogP contribution is 2.21. The van der Waals surface area contributed by atoms with Crippen molar-refractivity contribution in [2.45, 2.75) is 12.8 Å². The quantitative estimate of drug-likeness (QED) is 0.850. The molecule has 1 N–H and O–H groups in total. The van der Waals surface area contributed by atoms with Gasteiger partial charge in [0.2, 0.25) is 5.91 Å². The first-order valence-corrected chi connectivity index (χ1v) is 8.48. The molecule has 2 saturated heterocycles. The van der Waals surface area contributed by atoms with E-state index in [9.17, 15) is 14.4 Å². The first-order valence-electron chi connectivity index (χ1n) is 8.10. The van der Waals surface area contributed by atoms with Crippen LogP contribution < -0.4 is 5.56 Å². The number of likely N-dealkylation sites (tertiary alicyclic amines) is 1. The summed E-state index contributed by atoms with van der Waals surface area (Å²) in [5.74, 6) is -0.534. The average molecular weight is 354 g/mol. The second kappa shape index (κ2) is 7.36. The maximum absolute atomic E-state index is 12.6. The number of H-pyrrole nitrogens is 1. The van der Waals surface area contributed by atoms with Crippen molar-refractivity contribution in [2.75, 3.05) is 39.4 Å². The maximum atomic E-state index is 12.6. The van der Waals surface area contributed by atoms with E-state index >= 15 is 0 Å². The summed E-state index contributed by atoms with van der Waals surface area (Å²) >= 11 is 5.87. The first kappa shape index (κ1) is 17.0. The minimum Gasteiger partial charge on any atom is -0.378 e. The van der Waals surface area contributed by atoms with Gasteiger partial charge in [0.1, 0.15) is 5.56 Å². The van der Waals surface area contributed by atoms with Gasteiger partial charge in [0, 0.05) is 32.4 Å². The summed E-state index contributed by atoms with van der Waals surface area (Å²) in [6.45, 7) is 3.17. The third kappa shape index (κ3) is 3.62. The molecule has 1 aromatic heterocycles. The van der Waals surface area contributed by atoms with Gasteiger partial charge in [-0.2, -0.15) is 0 Å². The van der Waals surface area contributed by atoms with E-state index in [1.807, 2.05) is 0 Å². The molecule has 0 bridgehead atoms. The molecule has 1 atom stereocenters. The predicted octanol–water partition coefficient (Wildman–Crippen LogP) is 0.739. The molecule has 2 fully saturated rings. The van der Waals surface area contributed by atoms with Gasteiger partial charge in [0.05, 0.1) is 24.2 Å². The number of amides is 2. The number of pyridine rings is 1. The van der Waals surface area contributed by atoms with E-state index in [4.69, 9.17) is 16.3 Å². The Morgan fingerprint density at radius 1 is 1.21 bits per heavy atom. The molecule has 0 radical (unpaired) electrons. The van der Waals surface area contributed by atoms with Crippen LogP contribution in [0.4, 0.5) is 0 Å². The maximum Gasteiger partial charge on any atom is 0.260 e. The van der Waals surface area contributed by atoms with Crippen LogP contribution >= 0.6 is 11.6 Å². The van der Waals surface area contributed by atoms with Crippen LogP contribution in [0.2, 0.25) is 5.02 Å². The predicted molar refractivity (Wildman–Crippen MR) is 88.1 cm³/mol. The summed E-state index contributed by atoms with van der Waals surface area (Å²) < 4.78 is 5.27. The Morgan fingerprint density at radius 2 is 1.96 bits per heavy atom. The van der Waals surface area contributed by atoms with Crippen LogP contribution in [0.25, 0.3) is 0 Å². The van der Waals surface area contributed by atoms with Gasteiger partial charge in [0.25, 0.3) is 11.5 Å². The van der Waals surface area contributed by atoms with Gasteiger partial charge in [-0.1, -0.05) is 11.6 Å². The Bertz CT molecular complexity index is 684. The van der Waals surface area contributed by atoms with E-state index in [1.54, 1.807) is 9.80 Å². The Labute approximate surface area is 144 Å². The lowest BCUT2D eigenvalue weighted by molar-refractivity contribution is -0.141. The first-order chi connectivity index (χ1) is 11.6. The van der Waals surface area contributed by atoms with Crippen molar-refractivity contribution in [3.05, 3.63) is 33.2 Å². The lowest BCUT2D eigenvalue weighted by Gasteiger charge is -2.36. The largest absolute Gasteiger partial charge is 0.378 e. The van der Waals surface area contributed by atoms with Gasteiger partial charge in [-0.05, 0) is 18.9 Å². The highest BCUT2D eigenvalue weighted by Gasteiger charge is 2.32. The molecule has 0 spiro atoms. The van der Waals surface area contributed by atoms with Gasteiger partial charge in [-0.3, -0.25) is 14.4 Å². The second-order valence-electron chi connectivity index (χ2n) is 6.09. The van der Waals surface area contributed by atoms with Crippen molar-refractivity contribution in [2.24, 2.45) is 5.92 Å². The van der Waals surface area contributed by atoms with Crippen molar-refractivity contribution in [1.29, 1.82) is 0 Å². The number of carbonyl (C=O) groups excluding carboxylic acids is 2. The number of aromatic nitrogens is 1. The Morgan fingerprint density at radius 3 is 2.71 bits per heavy atom. The minimum atomic E-state index is -0.467. The Hall–Kier alpha value is -1.86. The number of halogens is 1.